The first-order valence-electron chi connectivity index (χ1n) is 16.3. The minimum absolute atomic E-state index is 0.0537. The van der Waals surface area contributed by atoms with Crippen LogP contribution in [0.5, 0.6) is 0 Å². The van der Waals surface area contributed by atoms with Crippen LogP contribution in [-0.4, -0.2) is 72.0 Å². The zero-order valence-corrected chi connectivity index (χ0v) is 26.7. The van der Waals surface area contributed by atoms with Crippen LogP contribution < -0.4 is 0 Å². The van der Waals surface area contributed by atoms with Crippen molar-refractivity contribution in [2.75, 3.05) is 33.2 Å². The number of nitrogens with zero attached hydrogens (tertiary/aromatic N) is 3. The Bertz CT molecular complexity index is 1430. The third-order valence-corrected chi connectivity index (χ3v) is 9.60. The molecule has 0 aromatic heterocycles. The van der Waals surface area contributed by atoms with Crippen LogP contribution >= 0.6 is 0 Å². The number of carbonyl (C=O) groups excluding carboxylic acids is 2. The fourth-order valence-electron chi connectivity index (χ4n) is 7.13. The number of hydrogen-bond donors (Lipinski definition) is 0. The number of piperidine rings is 1. The summed E-state index contributed by atoms with van der Waals surface area (Å²) in [5, 5.41) is 0. The van der Waals surface area contributed by atoms with Gasteiger partial charge < -0.3 is 19.4 Å². The van der Waals surface area contributed by atoms with Gasteiger partial charge in [0.1, 0.15) is 6.61 Å². The van der Waals surface area contributed by atoms with E-state index >= 15 is 0 Å². The average Bonchev–Trinajstić information content (AvgIpc) is 3.50. The largest absolute Gasteiger partial charge is 0.445 e. The number of ether oxygens (including phenoxy) is 1. The molecule has 46 heavy (non-hydrogen) atoms. The van der Waals surface area contributed by atoms with Crippen LogP contribution in [0.1, 0.15) is 72.0 Å². The number of alkyl halides is 3. The molecule has 2 fully saturated rings. The number of benzene rings is 3. The number of halogens is 3. The first-order valence-corrected chi connectivity index (χ1v) is 16.3. The lowest BCUT2D eigenvalue weighted by molar-refractivity contribution is -0.137. The summed E-state index contributed by atoms with van der Waals surface area (Å²) in [6, 6.07) is 24.7. The third-order valence-electron chi connectivity index (χ3n) is 9.60. The summed E-state index contributed by atoms with van der Waals surface area (Å²) in [4.78, 5) is 32.5. The fraction of sp³-hybridized carbons (Fsp3) is 0.459. The Morgan fingerprint density at radius 1 is 0.891 bits per heavy atom. The molecule has 0 spiro atoms. The van der Waals surface area contributed by atoms with Gasteiger partial charge in [0.2, 0.25) is 0 Å². The molecule has 3 aromatic rings. The molecule has 1 heterocycles. The summed E-state index contributed by atoms with van der Waals surface area (Å²) < 4.78 is 45.7. The van der Waals surface area contributed by atoms with Crippen LogP contribution in [0, 0.1) is 5.92 Å². The third kappa shape index (κ3) is 8.29. The van der Waals surface area contributed by atoms with Crippen molar-refractivity contribution in [3.05, 3.63) is 107 Å². The van der Waals surface area contributed by atoms with Gasteiger partial charge in [0, 0.05) is 50.9 Å². The van der Waals surface area contributed by atoms with Gasteiger partial charge in [0.25, 0.3) is 5.91 Å². The second-order valence-corrected chi connectivity index (χ2v) is 12.7. The standard InChI is InChI=1S/C37H44F3N3O3/c1-3-19-43(36(45)46-26-27-11-6-4-7-12-27)32-17-20-42(21-18-32)25-30-23-33(24-34(30)28-13-8-5-9-14-28)41(2)35(44)29-15-10-16-31(22-29)37(38,39)40/h4-16,22,30,32-34H,3,17-21,23-26H2,1-2H3. The highest BCUT2D eigenvalue weighted by Crippen LogP contribution is 2.43. The monoisotopic (exact) mass is 635 g/mol. The summed E-state index contributed by atoms with van der Waals surface area (Å²) in [7, 11) is 1.71. The van der Waals surface area contributed by atoms with E-state index in [1.807, 2.05) is 53.4 Å². The van der Waals surface area contributed by atoms with Gasteiger partial charge in [-0.05, 0) is 73.3 Å². The predicted molar refractivity (Wildman–Crippen MR) is 172 cm³/mol. The van der Waals surface area contributed by atoms with Crippen molar-refractivity contribution in [3.8, 4) is 0 Å². The van der Waals surface area contributed by atoms with E-state index in [1.165, 1.54) is 17.7 Å². The minimum atomic E-state index is -4.50. The molecule has 9 heteroatoms. The molecule has 6 nitrogen and oxygen atoms in total. The van der Waals surface area contributed by atoms with Crippen LogP contribution in [0.4, 0.5) is 18.0 Å². The van der Waals surface area contributed by atoms with Gasteiger partial charge in [0.05, 0.1) is 5.56 Å². The highest BCUT2D eigenvalue weighted by atomic mass is 19.4. The molecule has 1 saturated heterocycles. The van der Waals surface area contributed by atoms with Gasteiger partial charge in [-0.15, -0.1) is 0 Å². The van der Waals surface area contributed by atoms with E-state index in [1.54, 1.807) is 11.9 Å². The van der Waals surface area contributed by atoms with Crippen molar-refractivity contribution in [2.45, 2.75) is 69.8 Å². The van der Waals surface area contributed by atoms with Gasteiger partial charge in [-0.1, -0.05) is 73.7 Å². The Labute approximate surface area is 270 Å². The lowest BCUT2D eigenvalue weighted by Gasteiger charge is -2.39. The molecule has 1 saturated carbocycles. The fourth-order valence-corrected chi connectivity index (χ4v) is 7.13. The van der Waals surface area contributed by atoms with Gasteiger partial charge in [-0.2, -0.15) is 13.2 Å². The van der Waals surface area contributed by atoms with E-state index in [0.29, 0.717) is 6.54 Å². The maximum Gasteiger partial charge on any atom is 0.416 e. The molecule has 3 unspecified atom stereocenters. The van der Waals surface area contributed by atoms with Crippen LogP contribution in [0.3, 0.4) is 0 Å². The van der Waals surface area contributed by atoms with Crippen molar-refractivity contribution in [2.24, 2.45) is 5.92 Å². The molecule has 2 aliphatic rings. The Morgan fingerprint density at radius 2 is 1.57 bits per heavy atom. The first kappa shape index (κ1) is 33.5. The molecule has 3 aromatic carbocycles. The van der Waals surface area contributed by atoms with Crippen molar-refractivity contribution in [3.63, 3.8) is 0 Å². The molecule has 2 amide bonds. The number of amides is 2. The number of hydrogen-bond acceptors (Lipinski definition) is 4. The van der Waals surface area contributed by atoms with Crippen molar-refractivity contribution in [1.82, 2.24) is 14.7 Å². The molecule has 0 radical (unpaired) electrons. The van der Waals surface area contributed by atoms with E-state index in [-0.39, 0.29) is 48.1 Å². The van der Waals surface area contributed by atoms with E-state index in [2.05, 4.69) is 24.0 Å². The van der Waals surface area contributed by atoms with Crippen LogP contribution in [-0.2, 0) is 17.5 Å². The Hall–Kier alpha value is -3.85. The van der Waals surface area contributed by atoms with E-state index in [0.717, 1.165) is 69.4 Å². The van der Waals surface area contributed by atoms with Crippen molar-refractivity contribution in [1.29, 1.82) is 0 Å². The predicted octanol–water partition coefficient (Wildman–Crippen LogP) is 7.85. The highest BCUT2D eigenvalue weighted by molar-refractivity contribution is 5.94. The van der Waals surface area contributed by atoms with E-state index in [9.17, 15) is 22.8 Å². The van der Waals surface area contributed by atoms with Gasteiger partial charge in [-0.3, -0.25) is 4.79 Å². The zero-order chi connectivity index (χ0) is 32.7. The maximum absolute atomic E-state index is 13.4. The topological polar surface area (TPSA) is 53.1 Å². The molecule has 246 valence electrons. The molecule has 5 rings (SSSR count). The van der Waals surface area contributed by atoms with Crippen LogP contribution in [0.25, 0.3) is 0 Å². The zero-order valence-electron chi connectivity index (χ0n) is 26.7. The molecule has 1 aliphatic heterocycles. The lowest BCUT2D eigenvalue weighted by Crippen LogP contribution is -2.48. The number of rotatable bonds is 10. The summed E-state index contributed by atoms with van der Waals surface area (Å²) in [6.07, 6.45) is -0.662. The summed E-state index contributed by atoms with van der Waals surface area (Å²) >= 11 is 0. The van der Waals surface area contributed by atoms with E-state index < -0.39 is 11.7 Å². The molecule has 1 aliphatic carbocycles. The summed E-state index contributed by atoms with van der Waals surface area (Å²) in [6.45, 7) is 5.57. The Morgan fingerprint density at radius 3 is 2.22 bits per heavy atom. The molecular weight excluding hydrogens is 591 g/mol. The van der Waals surface area contributed by atoms with Crippen LogP contribution in [0.15, 0.2) is 84.9 Å². The Balaban J connectivity index is 1.22. The summed E-state index contributed by atoms with van der Waals surface area (Å²) in [5.41, 5.74) is 1.42. The smallest absolute Gasteiger partial charge is 0.416 e. The minimum Gasteiger partial charge on any atom is -0.445 e. The molecule has 0 N–H and O–H groups in total. The van der Waals surface area contributed by atoms with Gasteiger partial charge >= 0.3 is 12.3 Å². The highest BCUT2D eigenvalue weighted by Gasteiger charge is 2.40. The maximum atomic E-state index is 13.4. The Kier molecular flexibility index (Phi) is 11.0. The number of carbonyl (C=O) groups is 2. The SMILES string of the molecule is CCCN(C(=O)OCc1ccccc1)C1CCN(CC2CC(N(C)C(=O)c3cccc(C(F)(F)F)c3)CC2c2ccccc2)CC1. The average molecular weight is 636 g/mol. The normalized spacial score (nSPS) is 20.8. The van der Waals surface area contributed by atoms with Gasteiger partial charge in [0.15, 0.2) is 0 Å². The van der Waals surface area contributed by atoms with E-state index in [4.69, 9.17) is 4.74 Å². The lowest BCUT2D eigenvalue weighted by atomic mass is 9.88. The molecular formula is C37H44F3N3O3. The second kappa shape index (κ2) is 15.2. The van der Waals surface area contributed by atoms with Crippen LogP contribution in [0.2, 0.25) is 0 Å². The van der Waals surface area contributed by atoms with Crippen molar-refractivity contribution >= 4 is 12.0 Å². The summed E-state index contributed by atoms with van der Waals surface area (Å²) in [5.74, 6) is 0.119. The second-order valence-electron chi connectivity index (χ2n) is 12.7. The van der Waals surface area contributed by atoms with Gasteiger partial charge in [-0.25, -0.2) is 4.79 Å². The quantitative estimate of drug-likeness (QED) is 0.228. The molecule has 0 bridgehead atoms. The number of likely N-dealkylation sites (tertiary alicyclic amines) is 1. The first-order chi connectivity index (χ1) is 22.1. The van der Waals surface area contributed by atoms with Crippen molar-refractivity contribution < 1.29 is 27.5 Å². The molecule has 3 atom stereocenters.